The number of para-hydroxylation sites is 3. The van der Waals surface area contributed by atoms with E-state index in [4.69, 9.17) is 9.72 Å². The number of aromatic nitrogens is 2. The highest BCUT2D eigenvalue weighted by Gasteiger charge is 2.28. The normalized spacial score (nSPS) is 12.8. The number of benzene rings is 5. The van der Waals surface area contributed by atoms with Gasteiger partial charge in [-0.3, -0.25) is 4.57 Å². The van der Waals surface area contributed by atoms with Gasteiger partial charge in [-0.15, -0.1) is 11.3 Å². The molecular weight excluding hydrogens is 561 g/mol. The molecule has 0 atom stereocenters. The van der Waals surface area contributed by atoms with Crippen LogP contribution in [0, 0.1) is 0 Å². The molecule has 5 aromatic carbocycles. The van der Waals surface area contributed by atoms with Crippen molar-refractivity contribution in [3.63, 3.8) is 0 Å². The number of fused-ring (bicyclic) bond motifs is 6. The van der Waals surface area contributed by atoms with Gasteiger partial charge < -0.3 is 14.5 Å². The molecule has 44 heavy (non-hydrogen) atoms. The van der Waals surface area contributed by atoms with Crippen molar-refractivity contribution >= 4 is 65.3 Å². The molecular formula is C38H26N4OS. The van der Waals surface area contributed by atoms with Gasteiger partial charge in [0.1, 0.15) is 24.0 Å². The van der Waals surface area contributed by atoms with Gasteiger partial charge in [-0.2, -0.15) is 0 Å². The summed E-state index contributed by atoms with van der Waals surface area (Å²) < 4.78 is 11.4. The minimum absolute atomic E-state index is 0.723. The second-order valence-corrected chi connectivity index (χ2v) is 12.0. The molecule has 0 fully saturated rings. The van der Waals surface area contributed by atoms with Crippen LogP contribution in [0.2, 0.25) is 0 Å². The Labute approximate surface area is 258 Å². The molecule has 210 valence electrons. The first-order valence-corrected chi connectivity index (χ1v) is 15.5. The van der Waals surface area contributed by atoms with Crippen molar-refractivity contribution in [2.45, 2.75) is 0 Å². The topological polar surface area (TPSA) is 33.5 Å². The number of hydrogen-bond donors (Lipinski definition) is 0. The first-order valence-electron chi connectivity index (χ1n) is 14.7. The molecule has 0 spiro atoms. The summed E-state index contributed by atoms with van der Waals surface area (Å²) in [6.45, 7) is 0.723. The fourth-order valence-corrected chi connectivity index (χ4v) is 7.57. The van der Waals surface area contributed by atoms with Gasteiger partial charge >= 0.3 is 0 Å². The molecule has 1 aliphatic heterocycles. The van der Waals surface area contributed by atoms with Crippen LogP contribution in [0.5, 0.6) is 11.5 Å². The van der Waals surface area contributed by atoms with Crippen molar-refractivity contribution in [1.29, 1.82) is 0 Å². The lowest BCUT2D eigenvalue weighted by molar-refractivity contribution is 0.483. The van der Waals surface area contributed by atoms with E-state index < -0.39 is 0 Å². The van der Waals surface area contributed by atoms with Crippen LogP contribution >= 0.6 is 11.3 Å². The third-order valence-electron chi connectivity index (χ3n) is 8.31. The summed E-state index contributed by atoms with van der Waals surface area (Å²) in [5.74, 6) is 2.47. The summed E-state index contributed by atoms with van der Waals surface area (Å²) in [6.07, 6.45) is 1.85. The summed E-state index contributed by atoms with van der Waals surface area (Å²) in [6, 6.07) is 48.5. The van der Waals surface area contributed by atoms with E-state index in [2.05, 4.69) is 136 Å². The molecule has 0 aliphatic carbocycles. The molecule has 0 unspecified atom stereocenters. The van der Waals surface area contributed by atoms with Gasteiger partial charge in [0.25, 0.3) is 0 Å². The van der Waals surface area contributed by atoms with E-state index >= 15 is 0 Å². The molecule has 0 bridgehead atoms. The van der Waals surface area contributed by atoms with Crippen LogP contribution in [0.3, 0.4) is 0 Å². The largest absolute Gasteiger partial charge is 0.457 e. The van der Waals surface area contributed by atoms with Gasteiger partial charge in [-0.1, -0.05) is 60.7 Å². The zero-order chi connectivity index (χ0) is 29.0. The maximum atomic E-state index is 6.57. The number of pyridine rings is 1. The van der Waals surface area contributed by atoms with E-state index in [0.717, 1.165) is 35.2 Å². The Morgan fingerprint density at radius 2 is 1.32 bits per heavy atom. The van der Waals surface area contributed by atoms with Crippen LogP contribution in [0.4, 0.5) is 22.7 Å². The van der Waals surface area contributed by atoms with Gasteiger partial charge in [-0.25, -0.2) is 4.98 Å². The monoisotopic (exact) mass is 586 g/mol. The summed E-state index contributed by atoms with van der Waals surface area (Å²) in [4.78, 5) is 9.42. The number of anilines is 4. The van der Waals surface area contributed by atoms with E-state index in [1.54, 1.807) is 0 Å². The summed E-state index contributed by atoms with van der Waals surface area (Å²) in [5.41, 5.74) is 6.89. The van der Waals surface area contributed by atoms with Crippen LogP contribution < -0.4 is 14.5 Å². The first kappa shape index (κ1) is 25.0. The number of ether oxygens (including phenoxy) is 1. The molecule has 0 saturated carbocycles. The Bertz CT molecular complexity index is 2310. The molecule has 6 heteroatoms. The average Bonchev–Trinajstić information content (AvgIpc) is 3.75. The number of rotatable bonds is 5. The summed E-state index contributed by atoms with van der Waals surface area (Å²) >= 11 is 1.83. The number of hydrogen-bond acceptors (Lipinski definition) is 5. The fourth-order valence-electron chi connectivity index (χ4n) is 6.35. The molecule has 5 nitrogen and oxygen atoms in total. The Morgan fingerprint density at radius 1 is 0.591 bits per heavy atom. The van der Waals surface area contributed by atoms with Gasteiger partial charge in [0, 0.05) is 45.2 Å². The van der Waals surface area contributed by atoms with Crippen LogP contribution in [0.25, 0.3) is 37.0 Å². The van der Waals surface area contributed by atoms with Crippen molar-refractivity contribution in [1.82, 2.24) is 9.55 Å². The zero-order valence-corrected chi connectivity index (χ0v) is 24.5. The minimum Gasteiger partial charge on any atom is -0.457 e. The molecule has 0 N–H and O–H groups in total. The van der Waals surface area contributed by atoms with Gasteiger partial charge in [0.2, 0.25) is 0 Å². The van der Waals surface area contributed by atoms with Crippen molar-refractivity contribution < 1.29 is 4.74 Å². The fraction of sp³-hybridized carbons (Fsp3) is 0.0263. The third kappa shape index (κ3) is 3.96. The Kier molecular flexibility index (Phi) is 5.67. The minimum atomic E-state index is 0.723. The second-order valence-electron chi connectivity index (χ2n) is 10.9. The van der Waals surface area contributed by atoms with E-state index in [-0.39, 0.29) is 0 Å². The maximum absolute atomic E-state index is 6.57. The van der Waals surface area contributed by atoms with Crippen LogP contribution in [0.15, 0.2) is 146 Å². The molecule has 0 saturated heterocycles. The quantitative estimate of drug-likeness (QED) is 0.201. The molecule has 4 heterocycles. The maximum Gasteiger partial charge on any atom is 0.137 e. The van der Waals surface area contributed by atoms with Crippen LogP contribution in [-0.2, 0) is 0 Å². The highest BCUT2D eigenvalue weighted by Crippen LogP contribution is 2.46. The van der Waals surface area contributed by atoms with Crippen molar-refractivity contribution in [2.24, 2.45) is 0 Å². The standard InChI is InChI=1S/C38H26N4OS/c1-2-11-26(12-3-1)40-25-41(33-17-6-5-16-32(33)40)27-13-10-14-28(23-27)43-29-20-21-30-34(24-29)42(36-19-8-9-22-39-36)37-31-15-4-7-18-35(31)44-38(30)37/h1-24H,25H2. The van der Waals surface area contributed by atoms with Gasteiger partial charge in [-0.05, 0) is 66.7 Å². The Balaban J connectivity index is 1.11. The number of nitrogens with zero attached hydrogens (tertiary/aromatic N) is 4. The van der Waals surface area contributed by atoms with Crippen molar-refractivity contribution in [2.75, 3.05) is 16.5 Å². The third-order valence-corrected chi connectivity index (χ3v) is 9.50. The lowest BCUT2D eigenvalue weighted by Gasteiger charge is -2.22. The smallest absolute Gasteiger partial charge is 0.137 e. The van der Waals surface area contributed by atoms with E-state index in [1.165, 1.54) is 42.8 Å². The zero-order valence-electron chi connectivity index (χ0n) is 23.7. The van der Waals surface area contributed by atoms with Crippen LogP contribution in [-0.4, -0.2) is 16.2 Å². The molecule has 0 radical (unpaired) electrons. The predicted octanol–water partition coefficient (Wildman–Crippen LogP) is 10.4. The lowest BCUT2D eigenvalue weighted by atomic mass is 10.2. The summed E-state index contributed by atoms with van der Waals surface area (Å²) in [5, 5.41) is 2.43. The van der Waals surface area contributed by atoms with Gasteiger partial charge in [0.05, 0.1) is 27.1 Å². The number of thiophene rings is 1. The molecule has 8 aromatic rings. The Hall–Kier alpha value is -5.59. The SMILES string of the molecule is c1ccc(N2CN(c3cccc(Oc4ccc5c6sc7ccccc7c6n(-c6ccccn6)c5c4)c3)c3ccccc32)cc1. The molecule has 9 rings (SSSR count). The highest BCUT2D eigenvalue weighted by atomic mass is 32.1. The highest BCUT2D eigenvalue weighted by molar-refractivity contribution is 7.26. The summed E-state index contributed by atoms with van der Waals surface area (Å²) in [7, 11) is 0. The van der Waals surface area contributed by atoms with E-state index in [0.29, 0.717) is 0 Å². The molecule has 3 aromatic heterocycles. The first-order chi connectivity index (χ1) is 21.8. The van der Waals surface area contributed by atoms with Gasteiger partial charge in [0.15, 0.2) is 0 Å². The lowest BCUT2D eigenvalue weighted by Crippen LogP contribution is -2.23. The van der Waals surface area contributed by atoms with E-state index in [9.17, 15) is 0 Å². The predicted molar refractivity (Wildman–Crippen MR) is 183 cm³/mol. The average molecular weight is 587 g/mol. The van der Waals surface area contributed by atoms with Crippen molar-refractivity contribution in [3.8, 4) is 17.3 Å². The van der Waals surface area contributed by atoms with Crippen molar-refractivity contribution in [3.05, 3.63) is 146 Å². The molecule has 1 aliphatic rings. The Morgan fingerprint density at radius 3 is 2.16 bits per heavy atom. The van der Waals surface area contributed by atoms with E-state index in [1.807, 2.05) is 35.7 Å². The van der Waals surface area contributed by atoms with Crippen LogP contribution in [0.1, 0.15) is 0 Å². The molecule has 0 amide bonds. The second kappa shape index (κ2) is 10.0.